The lowest BCUT2D eigenvalue weighted by Crippen LogP contribution is -2.59. The van der Waals surface area contributed by atoms with Crippen LogP contribution in [0.5, 0.6) is 0 Å². The van der Waals surface area contributed by atoms with E-state index in [9.17, 15) is 24.3 Å². The Morgan fingerprint density at radius 1 is 1.07 bits per heavy atom. The molecule has 0 radical (unpaired) electrons. The Hall–Kier alpha value is -3.77. The fourth-order valence-electron chi connectivity index (χ4n) is 6.73. The van der Waals surface area contributed by atoms with E-state index in [-0.39, 0.29) is 41.4 Å². The van der Waals surface area contributed by atoms with E-state index in [0.29, 0.717) is 19.4 Å². The maximum atomic E-state index is 13.7. The van der Waals surface area contributed by atoms with Gasteiger partial charge >= 0.3 is 6.09 Å². The minimum atomic E-state index is -0.877. The third-order valence-corrected chi connectivity index (χ3v) is 10.4. The van der Waals surface area contributed by atoms with Gasteiger partial charge in [-0.1, -0.05) is 51.0 Å². The zero-order chi connectivity index (χ0) is 29.6. The number of nitrogens with one attached hydrogen (secondary N) is 1. The van der Waals surface area contributed by atoms with Gasteiger partial charge in [0.1, 0.15) is 16.4 Å². The molecule has 0 bridgehead atoms. The lowest BCUT2D eigenvalue weighted by Gasteiger charge is -2.49. The molecular weight excluding hydrogens is 551 g/mol. The Morgan fingerprint density at radius 3 is 2.36 bits per heavy atom. The van der Waals surface area contributed by atoms with Gasteiger partial charge in [0, 0.05) is 35.9 Å². The van der Waals surface area contributed by atoms with Gasteiger partial charge in [0.05, 0.1) is 16.6 Å². The number of carboxylic acid groups (broad SMARTS) is 1. The van der Waals surface area contributed by atoms with Gasteiger partial charge in [0.2, 0.25) is 5.91 Å². The van der Waals surface area contributed by atoms with Crippen LogP contribution in [-0.2, 0) is 4.79 Å². The number of halogens is 1. The van der Waals surface area contributed by atoms with E-state index in [0.717, 1.165) is 58.0 Å². The topological polar surface area (TPSA) is 106 Å². The highest BCUT2D eigenvalue weighted by atomic mass is 32.1. The number of amides is 2. The largest absolute Gasteiger partial charge is 0.465 e. The molecule has 4 atom stereocenters. The average molecular weight is 587 g/mol. The van der Waals surface area contributed by atoms with Crippen LogP contribution < -0.4 is 5.32 Å². The van der Waals surface area contributed by atoms with Gasteiger partial charge in [-0.2, -0.15) is 5.26 Å². The number of thiazole rings is 1. The second-order valence-corrected chi connectivity index (χ2v) is 13.3. The summed E-state index contributed by atoms with van der Waals surface area (Å²) < 4.78 is 13.7. The fraction of sp³-hybridized carbons (Fsp3) is 0.455. The lowest BCUT2D eigenvalue weighted by atomic mass is 9.75. The molecule has 1 saturated heterocycles. The van der Waals surface area contributed by atoms with E-state index < -0.39 is 11.6 Å². The van der Waals surface area contributed by atoms with Crippen molar-refractivity contribution in [1.82, 2.24) is 15.2 Å². The Morgan fingerprint density at radius 2 is 1.74 bits per heavy atom. The Labute approximate surface area is 249 Å². The molecule has 3 fully saturated rings. The first kappa shape index (κ1) is 28.4. The number of hydrogen-bond acceptors (Lipinski definition) is 5. The first-order chi connectivity index (χ1) is 20.2. The van der Waals surface area contributed by atoms with Crippen LogP contribution in [0.1, 0.15) is 75.5 Å². The average Bonchev–Trinajstić information content (AvgIpc) is 3.59. The minimum Gasteiger partial charge on any atom is -0.465 e. The molecule has 3 aromatic rings. The molecule has 2 aromatic carbocycles. The summed E-state index contributed by atoms with van der Waals surface area (Å²) in [5.74, 6) is -0.379. The van der Waals surface area contributed by atoms with Gasteiger partial charge in [-0.25, -0.2) is 14.2 Å². The van der Waals surface area contributed by atoms with Crippen molar-refractivity contribution in [3.8, 4) is 27.1 Å². The first-order valence-electron chi connectivity index (χ1n) is 14.8. The summed E-state index contributed by atoms with van der Waals surface area (Å²) in [5, 5.41) is 23.0. The summed E-state index contributed by atoms with van der Waals surface area (Å²) in [4.78, 5) is 32.8. The van der Waals surface area contributed by atoms with Crippen LogP contribution in [-0.4, -0.2) is 45.1 Å². The number of carbonyl (C=O) groups excluding carboxylic acids is 1. The van der Waals surface area contributed by atoms with E-state index in [1.165, 1.54) is 17.0 Å². The molecule has 2 heterocycles. The number of hydrogen-bond donors (Lipinski definition) is 2. The maximum absolute atomic E-state index is 13.7. The summed E-state index contributed by atoms with van der Waals surface area (Å²) >= 11 is 1.55. The van der Waals surface area contributed by atoms with E-state index in [2.05, 4.69) is 49.5 Å². The standard InChI is InChI=1S/C33H35FN4O3S/c1-19(2)28-26(17-38(28)32(40)41)20-7-9-21(10-8-20)29-27(36-31(42-29)22-11-13-23(34)14-12-22)24-5-3-4-6-25(24)30(39)37-33(18-35)15-16-33/h7-14,19,24-26,28H,3-6,15-17H2,1-2H3,(H,37,39)(H,40,41)/t24-,25-,26?,28?/m1/s1. The summed E-state index contributed by atoms with van der Waals surface area (Å²) in [5.41, 5.74) is 3.10. The van der Waals surface area contributed by atoms with E-state index in [4.69, 9.17) is 4.98 Å². The molecule has 2 N–H and O–H groups in total. The zero-order valence-electron chi connectivity index (χ0n) is 23.8. The van der Waals surface area contributed by atoms with Crippen molar-refractivity contribution < 1.29 is 19.1 Å². The summed E-state index contributed by atoms with van der Waals surface area (Å²) in [6.45, 7) is 4.60. The van der Waals surface area contributed by atoms with Crippen molar-refractivity contribution >= 4 is 23.3 Å². The third kappa shape index (κ3) is 5.29. The van der Waals surface area contributed by atoms with Crippen LogP contribution in [0.15, 0.2) is 48.5 Å². The molecule has 0 spiro atoms. The van der Waals surface area contributed by atoms with Crippen LogP contribution in [0, 0.1) is 29.0 Å². The Bertz CT molecular complexity index is 1520. The number of carbonyl (C=O) groups is 2. The predicted molar refractivity (Wildman–Crippen MR) is 159 cm³/mol. The van der Waals surface area contributed by atoms with Crippen molar-refractivity contribution in [1.29, 1.82) is 5.26 Å². The molecule has 2 saturated carbocycles. The molecule has 1 aliphatic heterocycles. The molecule has 6 rings (SSSR count). The molecular formula is C33H35FN4O3S. The number of rotatable bonds is 7. The summed E-state index contributed by atoms with van der Waals surface area (Å²) in [6.07, 6.45) is 4.04. The SMILES string of the molecule is CC(C)C1C(c2ccc(-c3sc(-c4ccc(F)cc4)nc3[C@@H]3CCCC[C@H]3C(=O)NC3(C#N)CC3)cc2)CN1C(=O)O. The molecule has 3 aliphatic rings. The highest BCUT2D eigenvalue weighted by molar-refractivity contribution is 7.18. The quantitative estimate of drug-likeness (QED) is 0.305. The molecule has 7 nitrogen and oxygen atoms in total. The summed E-state index contributed by atoms with van der Waals surface area (Å²) in [7, 11) is 0. The fourth-order valence-corrected chi connectivity index (χ4v) is 7.88. The maximum Gasteiger partial charge on any atom is 0.407 e. The van der Waals surface area contributed by atoms with Gasteiger partial charge in [-0.3, -0.25) is 4.79 Å². The molecule has 2 unspecified atom stereocenters. The van der Waals surface area contributed by atoms with Crippen molar-refractivity contribution in [3.63, 3.8) is 0 Å². The van der Waals surface area contributed by atoms with Crippen molar-refractivity contribution in [2.75, 3.05) is 6.54 Å². The number of nitriles is 1. The van der Waals surface area contributed by atoms with Crippen LogP contribution in [0.3, 0.4) is 0 Å². The van der Waals surface area contributed by atoms with Crippen LogP contribution in [0.4, 0.5) is 9.18 Å². The highest BCUT2D eigenvalue weighted by Gasteiger charge is 2.47. The smallest absolute Gasteiger partial charge is 0.407 e. The normalized spacial score (nSPS) is 24.5. The van der Waals surface area contributed by atoms with E-state index in [1.54, 1.807) is 23.5 Å². The van der Waals surface area contributed by atoms with Crippen LogP contribution in [0.25, 0.3) is 21.0 Å². The van der Waals surface area contributed by atoms with Gasteiger partial charge in [-0.15, -0.1) is 11.3 Å². The molecule has 2 aliphatic carbocycles. The van der Waals surface area contributed by atoms with E-state index >= 15 is 0 Å². The molecule has 42 heavy (non-hydrogen) atoms. The van der Waals surface area contributed by atoms with Gasteiger partial charge in [0.15, 0.2) is 0 Å². The monoisotopic (exact) mass is 586 g/mol. The molecule has 1 aromatic heterocycles. The van der Waals surface area contributed by atoms with Crippen molar-refractivity contribution in [2.24, 2.45) is 11.8 Å². The molecule has 9 heteroatoms. The Balaban J connectivity index is 1.35. The van der Waals surface area contributed by atoms with E-state index in [1.807, 2.05) is 0 Å². The van der Waals surface area contributed by atoms with Gasteiger partial charge < -0.3 is 15.3 Å². The second kappa shape index (κ2) is 11.1. The number of aromatic nitrogens is 1. The highest BCUT2D eigenvalue weighted by Crippen LogP contribution is 2.47. The second-order valence-electron chi connectivity index (χ2n) is 12.3. The first-order valence-corrected chi connectivity index (χ1v) is 15.6. The lowest BCUT2D eigenvalue weighted by molar-refractivity contribution is -0.127. The number of benzene rings is 2. The van der Waals surface area contributed by atoms with Crippen LogP contribution >= 0.6 is 11.3 Å². The van der Waals surface area contributed by atoms with Crippen LogP contribution in [0.2, 0.25) is 0 Å². The molecule has 2 amide bonds. The minimum absolute atomic E-state index is 0.0536. The molecule has 218 valence electrons. The zero-order valence-corrected chi connectivity index (χ0v) is 24.7. The number of likely N-dealkylation sites (tertiary alicyclic amines) is 1. The Kier molecular flexibility index (Phi) is 7.52. The van der Waals surface area contributed by atoms with Crippen molar-refractivity contribution in [2.45, 2.75) is 75.8 Å². The predicted octanol–water partition coefficient (Wildman–Crippen LogP) is 7.16. The number of nitrogens with zero attached hydrogens (tertiary/aromatic N) is 3. The summed E-state index contributed by atoms with van der Waals surface area (Å²) in [6, 6.07) is 16.9. The van der Waals surface area contributed by atoms with Gasteiger partial charge in [0.25, 0.3) is 0 Å². The van der Waals surface area contributed by atoms with Crippen molar-refractivity contribution in [3.05, 3.63) is 65.6 Å². The van der Waals surface area contributed by atoms with Gasteiger partial charge in [-0.05, 0) is 67.0 Å². The third-order valence-electron chi connectivity index (χ3n) is 9.22.